The zero-order valence-electron chi connectivity index (χ0n) is 19.4. The van der Waals surface area contributed by atoms with Crippen LogP contribution in [-0.2, 0) is 12.8 Å². The molecular weight excluding hydrogens is 476 g/mol. The van der Waals surface area contributed by atoms with Gasteiger partial charge >= 0.3 is 0 Å². The highest BCUT2D eigenvalue weighted by molar-refractivity contribution is 7.15. The van der Waals surface area contributed by atoms with E-state index in [1.54, 1.807) is 31.4 Å². The van der Waals surface area contributed by atoms with Gasteiger partial charge in [-0.2, -0.15) is 4.52 Å². The molecule has 182 valence electrons. The smallest absolute Gasteiger partial charge is 0.291 e. The molecule has 2 heterocycles. The number of nitro benzene ring substituents is 1. The van der Waals surface area contributed by atoms with Crippen LogP contribution in [0.2, 0.25) is 0 Å². The lowest BCUT2D eigenvalue weighted by molar-refractivity contribution is -0.385. The van der Waals surface area contributed by atoms with Crippen LogP contribution in [0.25, 0.3) is 11.0 Å². The predicted octanol–water partition coefficient (Wildman–Crippen LogP) is 2.43. The molecule has 2 aromatic heterocycles. The van der Waals surface area contributed by atoms with Crippen molar-refractivity contribution in [3.05, 3.63) is 72.3 Å². The summed E-state index contributed by atoms with van der Waals surface area (Å²) >= 11 is 1.19. The number of nitro groups is 1. The third-order valence-electron chi connectivity index (χ3n) is 5.35. The van der Waals surface area contributed by atoms with Gasteiger partial charge in [-0.3, -0.25) is 14.9 Å². The van der Waals surface area contributed by atoms with Crippen LogP contribution >= 0.6 is 11.3 Å². The minimum Gasteiger partial charge on any atom is -0.493 e. The van der Waals surface area contributed by atoms with Crippen molar-refractivity contribution in [3.8, 4) is 23.0 Å². The first-order valence-corrected chi connectivity index (χ1v) is 11.2. The van der Waals surface area contributed by atoms with E-state index in [0.29, 0.717) is 50.1 Å². The number of thiazole rings is 1. The number of para-hydroxylation sites is 1. The highest BCUT2D eigenvalue weighted by Crippen LogP contribution is 2.35. The van der Waals surface area contributed by atoms with Crippen molar-refractivity contribution in [2.75, 3.05) is 28.4 Å². The second-order valence-electron chi connectivity index (χ2n) is 7.31. The van der Waals surface area contributed by atoms with Gasteiger partial charge in [0, 0.05) is 17.5 Å². The fourth-order valence-electron chi connectivity index (χ4n) is 3.67. The van der Waals surface area contributed by atoms with Crippen molar-refractivity contribution in [2.24, 2.45) is 0 Å². The maximum absolute atomic E-state index is 12.9. The van der Waals surface area contributed by atoms with Crippen LogP contribution in [0.5, 0.6) is 23.0 Å². The molecule has 0 N–H and O–H groups in total. The lowest BCUT2D eigenvalue weighted by Gasteiger charge is -2.10. The Hall–Kier alpha value is -4.19. The molecule has 2 aromatic carbocycles. The fraction of sp³-hybridized carbons (Fsp3) is 0.261. The van der Waals surface area contributed by atoms with E-state index in [9.17, 15) is 14.9 Å². The molecule has 0 saturated carbocycles. The van der Waals surface area contributed by atoms with Crippen molar-refractivity contribution in [3.63, 3.8) is 0 Å². The Morgan fingerprint density at radius 1 is 1.03 bits per heavy atom. The quantitative estimate of drug-likeness (QED) is 0.252. The maximum Gasteiger partial charge on any atom is 0.291 e. The van der Waals surface area contributed by atoms with Crippen LogP contribution in [0.15, 0.2) is 35.1 Å². The molecule has 0 spiro atoms. The first kappa shape index (κ1) is 24.0. The lowest BCUT2D eigenvalue weighted by atomic mass is 10.1. The molecule has 4 aromatic rings. The standard InChI is InChI=1S/C23H22N4O7S/c1-31-16-7-5-6-14(21(16)34-4)11-19-22(28)26-23(35-19)24-20(25-26)9-8-13-10-17(32-2)18(33-3)12-15(13)27(29)30/h5-7,10-12H,8-9H2,1-4H3/b19-11-. The van der Waals surface area contributed by atoms with Gasteiger partial charge in [0.1, 0.15) is 0 Å². The monoisotopic (exact) mass is 498 g/mol. The van der Waals surface area contributed by atoms with Gasteiger partial charge in [0.25, 0.3) is 11.2 Å². The molecule has 0 unspecified atom stereocenters. The summed E-state index contributed by atoms with van der Waals surface area (Å²) in [7, 11) is 5.96. The summed E-state index contributed by atoms with van der Waals surface area (Å²) in [5, 5.41) is 15.9. The van der Waals surface area contributed by atoms with Gasteiger partial charge in [-0.25, -0.2) is 4.98 Å². The Morgan fingerprint density at radius 3 is 2.37 bits per heavy atom. The van der Waals surface area contributed by atoms with Crippen molar-refractivity contribution in [1.29, 1.82) is 0 Å². The normalized spacial score (nSPS) is 11.6. The number of aromatic nitrogens is 3. The molecular formula is C23H22N4O7S. The van der Waals surface area contributed by atoms with E-state index in [0.717, 1.165) is 0 Å². The van der Waals surface area contributed by atoms with E-state index in [4.69, 9.17) is 18.9 Å². The number of fused-ring (bicyclic) bond motifs is 1. The second kappa shape index (κ2) is 9.97. The van der Waals surface area contributed by atoms with Gasteiger partial charge in [-0.1, -0.05) is 23.5 Å². The number of benzene rings is 2. The number of methoxy groups -OCH3 is 4. The van der Waals surface area contributed by atoms with Crippen molar-refractivity contribution >= 4 is 28.1 Å². The number of nitrogens with zero attached hydrogens (tertiary/aromatic N) is 4. The Kier molecular flexibility index (Phi) is 6.82. The van der Waals surface area contributed by atoms with Gasteiger partial charge in [0.05, 0.1) is 44.0 Å². The summed E-state index contributed by atoms with van der Waals surface area (Å²) in [4.78, 5) is 28.9. The first-order chi connectivity index (χ1) is 16.9. The largest absolute Gasteiger partial charge is 0.493 e. The third kappa shape index (κ3) is 4.60. The van der Waals surface area contributed by atoms with Crippen molar-refractivity contribution < 1.29 is 23.9 Å². The molecule has 11 nitrogen and oxygen atoms in total. The lowest BCUT2D eigenvalue weighted by Crippen LogP contribution is -2.24. The molecule has 0 aliphatic rings. The number of hydrogen-bond donors (Lipinski definition) is 0. The fourth-order valence-corrected chi connectivity index (χ4v) is 4.59. The minimum absolute atomic E-state index is 0.0858. The molecule has 0 bridgehead atoms. The highest BCUT2D eigenvalue weighted by atomic mass is 32.1. The summed E-state index contributed by atoms with van der Waals surface area (Å²) in [6, 6.07) is 8.30. The Bertz CT molecular complexity index is 1510. The van der Waals surface area contributed by atoms with E-state index >= 15 is 0 Å². The van der Waals surface area contributed by atoms with Gasteiger partial charge < -0.3 is 18.9 Å². The molecule has 0 amide bonds. The van der Waals surface area contributed by atoms with Gasteiger partial charge in [0.15, 0.2) is 28.8 Å². The average Bonchev–Trinajstić information content (AvgIpc) is 3.39. The van der Waals surface area contributed by atoms with Crippen LogP contribution in [-0.4, -0.2) is 48.0 Å². The van der Waals surface area contributed by atoms with Gasteiger partial charge in [-0.15, -0.1) is 5.10 Å². The molecule has 0 aliphatic heterocycles. The SMILES string of the molecule is COc1cc(CCc2nc3s/c(=C\c4cccc(OC)c4OC)c(=O)n3n2)c([N+](=O)[O-])cc1OC. The number of rotatable bonds is 9. The van der Waals surface area contributed by atoms with Crippen LogP contribution in [0, 0.1) is 10.1 Å². The van der Waals surface area contributed by atoms with Crippen LogP contribution in [0.3, 0.4) is 0 Å². The van der Waals surface area contributed by atoms with E-state index in [-0.39, 0.29) is 23.4 Å². The summed E-state index contributed by atoms with van der Waals surface area (Å²) < 4.78 is 22.8. The van der Waals surface area contributed by atoms with E-state index in [2.05, 4.69) is 10.1 Å². The van der Waals surface area contributed by atoms with E-state index in [1.165, 1.54) is 43.2 Å². The zero-order valence-corrected chi connectivity index (χ0v) is 20.2. The number of ether oxygens (including phenoxy) is 4. The number of aryl methyl sites for hydroxylation is 2. The van der Waals surface area contributed by atoms with Gasteiger partial charge in [-0.05, 0) is 24.6 Å². The van der Waals surface area contributed by atoms with Gasteiger partial charge in [0.2, 0.25) is 4.96 Å². The maximum atomic E-state index is 12.9. The molecule has 0 atom stereocenters. The predicted molar refractivity (Wildman–Crippen MR) is 129 cm³/mol. The minimum atomic E-state index is -0.471. The Labute approximate surface area is 203 Å². The topological polar surface area (TPSA) is 127 Å². The van der Waals surface area contributed by atoms with Crippen molar-refractivity contribution in [1.82, 2.24) is 14.6 Å². The number of hydrogen-bond acceptors (Lipinski definition) is 10. The Morgan fingerprint density at radius 2 is 1.74 bits per heavy atom. The second-order valence-corrected chi connectivity index (χ2v) is 8.32. The molecule has 35 heavy (non-hydrogen) atoms. The van der Waals surface area contributed by atoms with Crippen molar-refractivity contribution in [2.45, 2.75) is 12.8 Å². The molecule has 4 rings (SSSR count). The summed E-state index contributed by atoms with van der Waals surface area (Å²) in [5.41, 5.74) is 0.741. The zero-order chi connectivity index (χ0) is 25.1. The Balaban J connectivity index is 1.64. The summed E-state index contributed by atoms with van der Waals surface area (Å²) in [6.45, 7) is 0. The van der Waals surface area contributed by atoms with Crippen LogP contribution in [0.1, 0.15) is 17.0 Å². The summed E-state index contributed by atoms with van der Waals surface area (Å²) in [6.07, 6.45) is 2.28. The van der Waals surface area contributed by atoms with E-state index < -0.39 is 4.92 Å². The van der Waals surface area contributed by atoms with Crippen LogP contribution < -0.4 is 29.0 Å². The third-order valence-corrected chi connectivity index (χ3v) is 6.30. The average molecular weight is 499 g/mol. The summed E-state index contributed by atoms with van der Waals surface area (Å²) in [5.74, 6) is 2.14. The molecule has 0 fully saturated rings. The van der Waals surface area contributed by atoms with Crippen LogP contribution in [0.4, 0.5) is 5.69 Å². The molecule has 0 aliphatic carbocycles. The molecule has 12 heteroatoms. The first-order valence-electron chi connectivity index (χ1n) is 10.4. The molecule has 0 radical (unpaired) electrons. The van der Waals surface area contributed by atoms with E-state index in [1.807, 2.05) is 6.07 Å². The molecule has 0 saturated heterocycles. The highest BCUT2D eigenvalue weighted by Gasteiger charge is 2.20.